The lowest BCUT2D eigenvalue weighted by Gasteiger charge is -2.20. The second-order valence-electron chi connectivity index (χ2n) is 2.78. The van der Waals surface area contributed by atoms with Crippen LogP contribution >= 0.6 is 0 Å². The lowest BCUT2D eigenvalue weighted by atomic mass is 9.88. The molecule has 0 aliphatic heterocycles. The van der Waals surface area contributed by atoms with Crippen molar-refractivity contribution < 1.29 is 13.2 Å². The SMILES string of the molecule is C=CC1C=C(F)C(F)=C(F)C1C. The molecule has 0 aromatic carbocycles. The molecule has 0 amide bonds. The van der Waals surface area contributed by atoms with E-state index in [1.165, 1.54) is 13.0 Å². The number of hydrogen-bond acceptors (Lipinski definition) is 0. The summed E-state index contributed by atoms with van der Waals surface area (Å²) in [6.07, 6.45) is 2.44. The third-order valence-corrected chi connectivity index (χ3v) is 2.01. The van der Waals surface area contributed by atoms with Crippen LogP contribution in [0.15, 0.2) is 36.2 Å². The number of hydrogen-bond donors (Lipinski definition) is 0. The molecule has 1 rings (SSSR count). The van der Waals surface area contributed by atoms with Crippen molar-refractivity contribution in [3.8, 4) is 0 Å². The van der Waals surface area contributed by atoms with E-state index >= 15 is 0 Å². The summed E-state index contributed by atoms with van der Waals surface area (Å²) < 4.78 is 38.0. The predicted molar refractivity (Wildman–Crippen MR) is 41.3 cm³/mol. The average molecular weight is 174 g/mol. The minimum absolute atomic E-state index is 0.454. The highest BCUT2D eigenvalue weighted by molar-refractivity contribution is 5.30. The standard InChI is InChI=1S/C9H9F3/c1-3-6-4-7(10)9(12)8(11)5(6)2/h3-6H,1H2,2H3. The van der Waals surface area contributed by atoms with Crippen molar-refractivity contribution >= 4 is 0 Å². The van der Waals surface area contributed by atoms with Gasteiger partial charge in [-0.25, -0.2) is 13.2 Å². The van der Waals surface area contributed by atoms with Crippen LogP contribution in [0.25, 0.3) is 0 Å². The van der Waals surface area contributed by atoms with E-state index < -0.39 is 29.3 Å². The van der Waals surface area contributed by atoms with Gasteiger partial charge < -0.3 is 0 Å². The summed E-state index contributed by atoms with van der Waals surface area (Å²) in [4.78, 5) is 0. The van der Waals surface area contributed by atoms with E-state index in [-0.39, 0.29) is 0 Å². The van der Waals surface area contributed by atoms with Gasteiger partial charge in [-0.1, -0.05) is 13.0 Å². The van der Waals surface area contributed by atoms with Crippen LogP contribution in [0.2, 0.25) is 0 Å². The van der Waals surface area contributed by atoms with Crippen LogP contribution in [-0.2, 0) is 0 Å². The molecule has 12 heavy (non-hydrogen) atoms. The normalized spacial score (nSPS) is 30.2. The fraction of sp³-hybridized carbons (Fsp3) is 0.333. The lowest BCUT2D eigenvalue weighted by Crippen LogP contribution is -2.13. The highest BCUT2D eigenvalue weighted by Crippen LogP contribution is 2.36. The van der Waals surface area contributed by atoms with Gasteiger partial charge >= 0.3 is 0 Å². The van der Waals surface area contributed by atoms with E-state index in [0.717, 1.165) is 6.08 Å². The smallest absolute Gasteiger partial charge is 0.190 e. The maximum absolute atomic E-state index is 12.8. The Hall–Kier alpha value is -0.990. The Kier molecular flexibility index (Phi) is 2.40. The molecule has 66 valence electrons. The average Bonchev–Trinajstić information content (AvgIpc) is 2.08. The monoisotopic (exact) mass is 174 g/mol. The molecule has 0 radical (unpaired) electrons. The second-order valence-corrected chi connectivity index (χ2v) is 2.78. The van der Waals surface area contributed by atoms with Crippen LogP contribution in [-0.4, -0.2) is 0 Å². The van der Waals surface area contributed by atoms with Crippen LogP contribution in [0.5, 0.6) is 0 Å². The Labute approximate surface area is 69.1 Å². The summed E-state index contributed by atoms with van der Waals surface area (Å²) in [5.41, 5.74) is 0. The Morgan fingerprint density at radius 3 is 2.50 bits per heavy atom. The Bertz CT molecular complexity index is 263. The predicted octanol–water partition coefficient (Wildman–Crippen LogP) is 3.44. The fourth-order valence-electron chi connectivity index (χ4n) is 1.14. The molecule has 0 spiro atoms. The highest BCUT2D eigenvalue weighted by Gasteiger charge is 2.28. The first kappa shape index (κ1) is 9.10. The molecule has 0 heterocycles. The number of halogens is 3. The van der Waals surface area contributed by atoms with Gasteiger partial charge in [0, 0.05) is 11.8 Å². The number of rotatable bonds is 1. The Morgan fingerprint density at radius 2 is 2.00 bits per heavy atom. The van der Waals surface area contributed by atoms with E-state index in [0.29, 0.717) is 0 Å². The van der Waals surface area contributed by atoms with Gasteiger partial charge in [0.15, 0.2) is 11.7 Å². The van der Waals surface area contributed by atoms with Gasteiger partial charge in [-0.3, -0.25) is 0 Å². The molecule has 0 bridgehead atoms. The van der Waals surface area contributed by atoms with E-state index in [9.17, 15) is 13.2 Å². The van der Waals surface area contributed by atoms with E-state index in [4.69, 9.17) is 0 Å². The van der Waals surface area contributed by atoms with Crippen molar-refractivity contribution in [2.45, 2.75) is 6.92 Å². The van der Waals surface area contributed by atoms with Crippen molar-refractivity contribution in [2.24, 2.45) is 11.8 Å². The quantitative estimate of drug-likeness (QED) is 0.534. The molecule has 0 saturated carbocycles. The maximum atomic E-state index is 12.8. The van der Waals surface area contributed by atoms with E-state index in [1.54, 1.807) is 0 Å². The Balaban J connectivity index is 3.05. The molecular formula is C9H9F3. The molecule has 0 N–H and O–H groups in total. The topological polar surface area (TPSA) is 0 Å². The molecule has 2 unspecified atom stereocenters. The minimum Gasteiger partial charge on any atom is -0.208 e. The minimum atomic E-state index is -1.37. The van der Waals surface area contributed by atoms with Gasteiger partial charge in [0.2, 0.25) is 0 Å². The van der Waals surface area contributed by atoms with Crippen LogP contribution in [0.3, 0.4) is 0 Å². The summed E-state index contributed by atoms with van der Waals surface area (Å²) in [6, 6.07) is 0. The highest BCUT2D eigenvalue weighted by atomic mass is 19.2. The molecule has 0 aromatic heterocycles. The zero-order valence-electron chi connectivity index (χ0n) is 6.65. The van der Waals surface area contributed by atoms with E-state index in [2.05, 4.69) is 6.58 Å². The van der Waals surface area contributed by atoms with Crippen molar-refractivity contribution in [3.05, 3.63) is 36.2 Å². The van der Waals surface area contributed by atoms with Crippen molar-refractivity contribution in [3.63, 3.8) is 0 Å². The zero-order chi connectivity index (χ0) is 9.30. The first-order chi connectivity index (χ1) is 5.57. The van der Waals surface area contributed by atoms with Gasteiger partial charge in [-0.2, -0.15) is 0 Å². The molecule has 0 nitrogen and oxygen atoms in total. The first-order valence-electron chi connectivity index (χ1n) is 3.63. The summed E-state index contributed by atoms with van der Waals surface area (Å²) in [5, 5.41) is 0. The zero-order valence-corrected chi connectivity index (χ0v) is 6.65. The first-order valence-corrected chi connectivity index (χ1v) is 3.63. The van der Waals surface area contributed by atoms with Gasteiger partial charge in [-0.15, -0.1) is 6.58 Å². The van der Waals surface area contributed by atoms with Crippen molar-refractivity contribution in [1.82, 2.24) is 0 Å². The largest absolute Gasteiger partial charge is 0.208 e. The van der Waals surface area contributed by atoms with Crippen LogP contribution in [0.1, 0.15) is 6.92 Å². The van der Waals surface area contributed by atoms with Crippen LogP contribution < -0.4 is 0 Å². The summed E-state index contributed by atoms with van der Waals surface area (Å²) in [7, 11) is 0. The molecule has 0 aromatic rings. The molecule has 1 aliphatic carbocycles. The molecule has 3 heteroatoms. The summed E-state index contributed by atoms with van der Waals surface area (Å²) >= 11 is 0. The Morgan fingerprint density at radius 1 is 1.42 bits per heavy atom. The summed E-state index contributed by atoms with van der Waals surface area (Å²) in [6.45, 7) is 4.90. The maximum Gasteiger partial charge on any atom is 0.190 e. The molecule has 0 fully saturated rings. The van der Waals surface area contributed by atoms with Gasteiger partial charge in [-0.05, 0) is 6.08 Å². The molecule has 0 saturated heterocycles. The molecule has 1 aliphatic rings. The second kappa shape index (κ2) is 3.17. The van der Waals surface area contributed by atoms with Gasteiger partial charge in [0.25, 0.3) is 0 Å². The lowest BCUT2D eigenvalue weighted by molar-refractivity contribution is 0.377. The van der Waals surface area contributed by atoms with Gasteiger partial charge in [0.1, 0.15) is 5.83 Å². The van der Waals surface area contributed by atoms with Crippen molar-refractivity contribution in [2.75, 3.05) is 0 Å². The van der Waals surface area contributed by atoms with Crippen molar-refractivity contribution in [1.29, 1.82) is 0 Å². The number of allylic oxidation sites excluding steroid dienone is 5. The fourth-order valence-corrected chi connectivity index (χ4v) is 1.14. The van der Waals surface area contributed by atoms with Gasteiger partial charge in [0.05, 0.1) is 0 Å². The summed E-state index contributed by atoms with van der Waals surface area (Å²) in [5.74, 6) is -4.64. The third-order valence-electron chi connectivity index (χ3n) is 2.01. The third kappa shape index (κ3) is 1.31. The van der Waals surface area contributed by atoms with E-state index in [1.807, 2.05) is 0 Å². The van der Waals surface area contributed by atoms with Crippen LogP contribution in [0, 0.1) is 11.8 Å². The van der Waals surface area contributed by atoms with Crippen LogP contribution in [0.4, 0.5) is 13.2 Å². The molecule has 2 atom stereocenters. The molecular weight excluding hydrogens is 165 g/mol.